The number of rotatable bonds is 13. The molecule has 0 atom stereocenters. The van der Waals surface area contributed by atoms with E-state index in [1.54, 1.807) is 12.4 Å². The Kier molecular flexibility index (Phi) is 8.79. The smallest absolute Gasteiger partial charge is 0.399 e. The van der Waals surface area contributed by atoms with Crippen molar-refractivity contribution in [2.75, 3.05) is 31.6 Å². The summed E-state index contributed by atoms with van der Waals surface area (Å²) in [4.78, 5) is 0. The van der Waals surface area contributed by atoms with Crippen LogP contribution in [0.1, 0.15) is 24.1 Å². The molecule has 0 unspecified atom stereocenters. The van der Waals surface area contributed by atoms with Crippen molar-refractivity contribution >= 4 is 16.6 Å². The van der Waals surface area contributed by atoms with Crippen molar-refractivity contribution in [3.05, 3.63) is 59.6 Å². The van der Waals surface area contributed by atoms with Crippen molar-refractivity contribution in [1.29, 1.82) is 0 Å². The molecule has 4 rings (SSSR count). The number of nitrogens with one attached hydrogen (secondary N) is 4. The largest absolute Gasteiger partial charge is 0.573 e. The zero-order valence-corrected chi connectivity index (χ0v) is 20.5. The third-order valence-corrected chi connectivity index (χ3v) is 5.76. The fraction of sp³-hybridized carbons (Fsp3) is 0.360. The Balaban J connectivity index is 1.13. The van der Waals surface area contributed by atoms with Crippen LogP contribution in [0.5, 0.6) is 5.75 Å². The maximum Gasteiger partial charge on any atom is 0.573 e. The van der Waals surface area contributed by atoms with Gasteiger partial charge in [0.1, 0.15) is 0 Å². The number of aryl methyl sites for hydroxylation is 1. The third kappa shape index (κ3) is 7.19. The Hall–Kier alpha value is -3.71. The lowest BCUT2D eigenvalue weighted by molar-refractivity contribution is -0.276. The van der Waals surface area contributed by atoms with Crippen molar-refractivity contribution in [2.24, 2.45) is 0 Å². The van der Waals surface area contributed by atoms with Gasteiger partial charge in [0.2, 0.25) is 5.75 Å². The molecule has 0 radical (unpaired) electrons. The van der Waals surface area contributed by atoms with E-state index in [1.807, 2.05) is 13.0 Å². The van der Waals surface area contributed by atoms with Crippen molar-refractivity contribution in [1.82, 2.24) is 25.7 Å². The van der Waals surface area contributed by atoms with Crippen LogP contribution >= 0.6 is 0 Å². The van der Waals surface area contributed by atoms with Gasteiger partial charge in [-0.05, 0) is 61.7 Å². The number of fused-ring (bicyclic) bond motifs is 1. The Bertz CT molecular complexity index is 1330. The number of hydrogen-bond donors (Lipinski definition) is 4. The number of benzene rings is 2. The quantitative estimate of drug-likeness (QED) is 0.134. The van der Waals surface area contributed by atoms with Crippen LogP contribution < -0.4 is 15.4 Å². The van der Waals surface area contributed by atoms with Crippen molar-refractivity contribution in [3.63, 3.8) is 0 Å². The first kappa shape index (κ1) is 27.3. The van der Waals surface area contributed by atoms with Gasteiger partial charge < -0.3 is 20.1 Å². The lowest BCUT2D eigenvalue weighted by Crippen LogP contribution is -2.20. The number of H-pyrrole nitrogens is 2. The van der Waals surface area contributed by atoms with Crippen LogP contribution in [0.2, 0.25) is 0 Å². The summed E-state index contributed by atoms with van der Waals surface area (Å²) in [6, 6.07) is 5.71. The van der Waals surface area contributed by atoms with Gasteiger partial charge in [0, 0.05) is 42.0 Å². The Morgan fingerprint density at radius 3 is 2.39 bits per heavy atom. The van der Waals surface area contributed by atoms with E-state index in [-0.39, 0.29) is 12.1 Å². The number of ether oxygens (including phenoxy) is 2. The van der Waals surface area contributed by atoms with E-state index in [9.17, 15) is 22.0 Å². The second kappa shape index (κ2) is 12.2. The van der Waals surface area contributed by atoms with Gasteiger partial charge in [0.05, 0.1) is 24.5 Å². The molecule has 0 saturated heterocycles. The minimum Gasteiger partial charge on any atom is -0.399 e. The molecule has 8 nitrogen and oxygen atoms in total. The van der Waals surface area contributed by atoms with E-state index in [0.29, 0.717) is 26.3 Å². The molecular formula is C25H27F5N6O2. The average Bonchev–Trinajstić information content (AvgIpc) is 3.50. The minimum absolute atomic E-state index is 0.102. The summed E-state index contributed by atoms with van der Waals surface area (Å²) in [6.07, 6.45) is -0.110. The van der Waals surface area contributed by atoms with Gasteiger partial charge >= 0.3 is 6.36 Å². The molecule has 13 heteroatoms. The fourth-order valence-electron chi connectivity index (χ4n) is 3.97. The van der Waals surface area contributed by atoms with Gasteiger partial charge in [0.15, 0.2) is 11.6 Å². The van der Waals surface area contributed by atoms with Gasteiger partial charge in [-0.3, -0.25) is 10.2 Å². The summed E-state index contributed by atoms with van der Waals surface area (Å²) < 4.78 is 73.3. The predicted octanol–water partition coefficient (Wildman–Crippen LogP) is 5.44. The summed E-state index contributed by atoms with van der Waals surface area (Å²) in [6.45, 7) is 4.23. The van der Waals surface area contributed by atoms with Gasteiger partial charge in [-0.15, -0.1) is 13.2 Å². The molecule has 0 aliphatic rings. The average molecular weight is 539 g/mol. The molecule has 0 amide bonds. The first-order valence-electron chi connectivity index (χ1n) is 11.9. The summed E-state index contributed by atoms with van der Waals surface area (Å²) in [5.41, 5.74) is 5.02. The van der Waals surface area contributed by atoms with E-state index in [1.165, 1.54) is 0 Å². The number of hydrogen-bond acceptors (Lipinski definition) is 6. The molecule has 0 aliphatic carbocycles. The molecule has 4 N–H and O–H groups in total. The lowest BCUT2D eigenvalue weighted by atomic mass is 10.0. The number of aromatic amines is 2. The third-order valence-electron chi connectivity index (χ3n) is 5.76. The maximum absolute atomic E-state index is 13.8. The second-order valence-corrected chi connectivity index (χ2v) is 8.62. The molecule has 204 valence electrons. The molecular weight excluding hydrogens is 511 g/mol. The van der Waals surface area contributed by atoms with Crippen LogP contribution in [0.4, 0.5) is 27.6 Å². The van der Waals surface area contributed by atoms with Crippen LogP contribution in [0.25, 0.3) is 22.0 Å². The standard InChI is InChI=1S/C25H27F5N6O2/c1-15-18(13-33-35-15)17-10-22(19-14-34-36-23(19)11-17)32-5-7-37-6-3-2-4-31-12-16-8-20(26)24(21(27)9-16)38-25(28,29)30/h8-11,13-14,31-32H,2-7,12H2,1H3,(H,33,35)(H,34,36). The normalized spacial score (nSPS) is 11.8. The molecule has 0 fully saturated rings. The summed E-state index contributed by atoms with van der Waals surface area (Å²) >= 11 is 0. The van der Waals surface area contributed by atoms with E-state index in [4.69, 9.17) is 4.74 Å². The number of nitrogens with zero attached hydrogens (tertiary/aromatic N) is 2. The van der Waals surface area contributed by atoms with E-state index in [0.717, 1.165) is 58.4 Å². The maximum atomic E-state index is 13.8. The Labute approximate surface area is 214 Å². The van der Waals surface area contributed by atoms with E-state index >= 15 is 0 Å². The van der Waals surface area contributed by atoms with Gasteiger partial charge in [0.25, 0.3) is 0 Å². The van der Waals surface area contributed by atoms with Gasteiger partial charge in [-0.1, -0.05) is 0 Å². The Morgan fingerprint density at radius 1 is 0.921 bits per heavy atom. The summed E-state index contributed by atoms with van der Waals surface area (Å²) in [5, 5.41) is 21.5. The Morgan fingerprint density at radius 2 is 1.68 bits per heavy atom. The number of anilines is 1. The summed E-state index contributed by atoms with van der Waals surface area (Å²) in [5.74, 6) is -4.27. The highest BCUT2D eigenvalue weighted by atomic mass is 19.4. The molecule has 0 bridgehead atoms. The number of unbranched alkanes of at least 4 members (excludes halogenated alkanes) is 1. The topological polar surface area (TPSA) is 99.9 Å². The van der Waals surface area contributed by atoms with Gasteiger partial charge in [-0.25, -0.2) is 8.78 Å². The number of aromatic nitrogens is 4. The number of alkyl halides is 3. The van der Waals surface area contributed by atoms with Crippen LogP contribution in [-0.4, -0.2) is 53.1 Å². The van der Waals surface area contributed by atoms with Crippen molar-refractivity contribution < 1.29 is 31.4 Å². The molecule has 0 saturated carbocycles. The van der Waals surface area contributed by atoms with Crippen molar-refractivity contribution in [3.8, 4) is 16.9 Å². The molecule has 2 aromatic carbocycles. The van der Waals surface area contributed by atoms with Crippen LogP contribution in [-0.2, 0) is 11.3 Å². The van der Waals surface area contributed by atoms with E-state index in [2.05, 4.69) is 41.8 Å². The highest BCUT2D eigenvalue weighted by molar-refractivity contribution is 5.95. The molecule has 0 aliphatic heterocycles. The van der Waals surface area contributed by atoms with Crippen LogP contribution in [0.15, 0.2) is 36.7 Å². The molecule has 4 aromatic rings. The molecule has 38 heavy (non-hydrogen) atoms. The minimum atomic E-state index is -5.17. The highest BCUT2D eigenvalue weighted by Gasteiger charge is 2.34. The molecule has 0 spiro atoms. The predicted molar refractivity (Wildman–Crippen MR) is 132 cm³/mol. The highest BCUT2D eigenvalue weighted by Crippen LogP contribution is 2.31. The first-order chi connectivity index (χ1) is 18.2. The summed E-state index contributed by atoms with van der Waals surface area (Å²) in [7, 11) is 0. The monoisotopic (exact) mass is 538 g/mol. The second-order valence-electron chi connectivity index (χ2n) is 8.62. The van der Waals surface area contributed by atoms with Crippen molar-refractivity contribution in [2.45, 2.75) is 32.7 Å². The fourth-order valence-corrected chi connectivity index (χ4v) is 3.97. The SMILES string of the molecule is Cc1[nH]ncc1-c1cc(NCCOCCCCNCc2cc(F)c(OC(F)(F)F)c(F)c2)c2cn[nH]c2c1. The zero-order valence-electron chi connectivity index (χ0n) is 20.5. The van der Waals surface area contributed by atoms with Crippen LogP contribution in [0, 0.1) is 18.6 Å². The van der Waals surface area contributed by atoms with E-state index < -0.39 is 23.7 Å². The lowest BCUT2D eigenvalue weighted by Gasteiger charge is -2.12. The van der Waals surface area contributed by atoms with Crippen LogP contribution in [0.3, 0.4) is 0 Å². The number of halogens is 5. The first-order valence-corrected chi connectivity index (χ1v) is 11.9. The van der Waals surface area contributed by atoms with Gasteiger partial charge in [-0.2, -0.15) is 10.2 Å². The molecule has 2 aromatic heterocycles. The molecule has 2 heterocycles. The zero-order chi connectivity index (χ0) is 27.1.